The molecule has 172 valence electrons. The van der Waals surface area contributed by atoms with Crippen LogP contribution in [0.5, 0.6) is 0 Å². The molecular formula is C24H23F3N4O2. The third-order valence-electron chi connectivity index (χ3n) is 7.58. The second kappa shape index (κ2) is 6.95. The smallest absolute Gasteiger partial charge is 0.392 e. The molecule has 5 atom stereocenters. The van der Waals surface area contributed by atoms with Crippen LogP contribution in [0.2, 0.25) is 0 Å². The van der Waals surface area contributed by atoms with Gasteiger partial charge in [0.25, 0.3) is 5.91 Å². The van der Waals surface area contributed by atoms with Crippen molar-refractivity contribution in [2.24, 2.45) is 16.5 Å². The van der Waals surface area contributed by atoms with Crippen LogP contribution in [0.4, 0.5) is 19.0 Å². The zero-order chi connectivity index (χ0) is 23.0. The average Bonchev–Trinajstić information content (AvgIpc) is 3.22. The van der Waals surface area contributed by atoms with Crippen molar-refractivity contribution in [1.82, 2.24) is 9.88 Å². The molecule has 2 aliphatic carbocycles. The van der Waals surface area contributed by atoms with Gasteiger partial charge in [-0.25, -0.2) is 4.98 Å². The molecule has 3 fully saturated rings. The van der Waals surface area contributed by atoms with Crippen LogP contribution in [0.15, 0.2) is 47.8 Å². The highest BCUT2D eigenvalue weighted by molar-refractivity contribution is 6.10. The topological polar surface area (TPSA) is 66.8 Å². The van der Waals surface area contributed by atoms with E-state index in [0.717, 1.165) is 36.4 Å². The lowest BCUT2D eigenvalue weighted by Crippen LogP contribution is -2.60. The molecule has 5 unspecified atom stereocenters. The minimum atomic E-state index is -4.41. The Kier molecular flexibility index (Phi) is 4.32. The molecule has 4 aliphatic rings. The molecule has 1 N–H and O–H groups in total. The van der Waals surface area contributed by atoms with E-state index in [9.17, 15) is 18.0 Å². The van der Waals surface area contributed by atoms with Crippen molar-refractivity contribution in [3.63, 3.8) is 0 Å². The van der Waals surface area contributed by atoms with Crippen molar-refractivity contribution in [1.29, 1.82) is 0 Å². The number of carbonyl (C=O) groups excluding carboxylic acids is 1. The molecule has 3 heterocycles. The summed E-state index contributed by atoms with van der Waals surface area (Å²) >= 11 is 0. The minimum absolute atomic E-state index is 0.00726. The van der Waals surface area contributed by atoms with Crippen LogP contribution in [-0.4, -0.2) is 46.2 Å². The van der Waals surface area contributed by atoms with Crippen molar-refractivity contribution >= 4 is 17.4 Å². The molecule has 6 rings (SSSR count). The maximum atomic E-state index is 13.7. The van der Waals surface area contributed by atoms with E-state index in [0.29, 0.717) is 30.3 Å². The van der Waals surface area contributed by atoms with Crippen LogP contribution < -0.4 is 5.32 Å². The molecule has 6 nitrogen and oxygen atoms in total. The van der Waals surface area contributed by atoms with E-state index in [-0.39, 0.29) is 29.5 Å². The molecule has 0 radical (unpaired) electrons. The Morgan fingerprint density at radius 2 is 2.03 bits per heavy atom. The van der Waals surface area contributed by atoms with Gasteiger partial charge in [0, 0.05) is 36.3 Å². The lowest BCUT2D eigenvalue weighted by molar-refractivity contribution is -0.137. The zero-order valence-electron chi connectivity index (χ0n) is 18.0. The number of carbonyl (C=O) groups is 1. The third kappa shape index (κ3) is 3.20. The molecule has 1 amide bonds. The first kappa shape index (κ1) is 20.5. The molecular weight excluding hydrogens is 433 g/mol. The van der Waals surface area contributed by atoms with Crippen molar-refractivity contribution in [3.8, 4) is 0 Å². The number of amides is 1. The summed E-state index contributed by atoms with van der Waals surface area (Å²) in [5, 5.41) is 7.44. The van der Waals surface area contributed by atoms with Gasteiger partial charge in [-0.2, -0.15) is 13.2 Å². The number of oxime groups is 1. The Hall–Kier alpha value is -3.10. The molecule has 1 saturated heterocycles. The van der Waals surface area contributed by atoms with Gasteiger partial charge in [-0.3, -0.25) is 4.79 Å². The minimum Gasteiger partial charge on any atom is -0.392 e. The summed E-state index contributed by atoms with van der Waals surface area (Å²) in [6.07, 6.45) is -0.932. The number of piperidine rings is 1. The number of benzene rings is 1. The van der Waals surface area contributed by atoms with Crippen LogP contribution in [0, 0.1) is 11.3 Å². The summed E-state index contributed by atoms with van der Waals surface area (Å²) in [7, 11) is 0. The lowest BCUT2D eigenvalue weighted by atomic mass is 9.71. The fourth-order valence-electron chi connectivity index (χ4n) is 5.93. The first-order chi connectivity index (χ1) is 15.8. The molecule has 1 spiro atoms. The van der Waals surface area contributed by atoms with Crippen LogP contribution in [0.25, 0.3) is 0 Å². The van der Waals surface area contributed by atoms with Gasteiger partial charge in [-0.05, 0) is 49.3 Å². The normalized spacial score (nSPS) is 31.8. The van der Waals surface area contributed by atoms with Crippen LogP contribution in [0.3, 0.4) is 0 Å². The zero-order valence-corrected chi connectivity index (χ0v) is 18.0. The van der Waals surface area contributed by atoms with Crippen LogP contribution in [0.1, 0.15) is 47.7 Å². The molecule has 33 heavy (non-hydrogen) atoms. The highest BCUT2D eigenvalue weighted by Gasteiger charge is 2.75. The Bertz CT molecular complexity index is 1150. The Morgan fingerprint density at radius 1 is 1.21 bits per heavy atom. The number of pyridine rings is 1. The standard InChI is InChI=1S/C24H23F3N4O2/c1-13-8-18(30-33-13)16-4-2-3-5-17(16)22(32)31-12-15-9-23(15)10-19(21(23)31)29-20-7-6-14(11-28-20)24(25,26)27/h2-7,11,13,15,19,21H,8-10,12H2,1H3,(H,28,29). The molecule has 1 aromatic carbocycles. The second-order valence-electron chi connectivity index (χ2n) is 9.63. The fraction of sp³-hybridized carbons (Fsp3) is 0.458. The highest BCUT2D eigenvalue weighted by atomic mass is 19.4. The number of halogens is 3. The van der Waals surface area contributed by atoms with Crippen molar-refractivity contribution < 1.29 is 22.8 Å². The number of nitrogens with zero attached hydrogens (tertiary/aromatic N) is 3. The predicted molar refractivity (Wildman–Crippen MR) is 115 cm³/mol. The number of anilines is 1. The average molecular weight is 456 g/mol. The summed E-state index contributed by atoms with van der Waals surface area (Å²) in [5.41, 5.74) is 1.56. The summed E-state index contributed by atoms with van der Waals surface area (Å²) < 4.78 is 38.5. The molecule has 1 aromatic heterocycles. The van der Waals surface area contributed by atoms with Crippen molar-refractivity contribution in [3.05, 3.63) is 59.3 Å². The number of rotatable bonds is 4. The number of hydrogen-bond donors (Lipinski definition) is 1. The molecule has 2 aliphatic heterocycles. The van der Waals surface area contributed by atoms with Gasteiger partial charge >= 0.3 is 6.18 Å². The van der Waals surface area contributed by atoms with Crippen LogP contribution in [-0.2, 0) is 11.0 Å². The number of aromatic nitrogens is 1. The van der Waals surface area contributed by atoms with Gasteiger partial charge in [0.1, 0.15) is 11.9 Å². The van der Waals surface area contributed by atoms with Gasteiger partial charge < -0.3 is 15.1 Å². The van der Waals surface area contributed by atoms with Crippen LogP contribution >= 0.6 is 0 Å². The van der Waals surface area contributed by atoms with E-state index < -0.39 is 11.7 Å². The molecule has 2 saturated carbocycles. The lowest BCUT2D eigenvalue weighted by Gasteiger charge is -2.48. The summed E-state index contributed by atoms with van der Waals surface area (Å²) in [5.74, 6) is 0.854. The molecule has 0 bridgehead atoms. The van der Waals surface area contributed by atoms with Gasteiger partial charge in [0.05, 0.1) is 17.3 Å². The number of likely N-dealkylation sites (tertiary alicyclic amines) is 1. The summed E-state index contributed by atoms with van der Waals surface area (Å²) in [6, 6.07) is 9.84. The van der Waals surface area contributed by atoms with E-state index in [4.69, 9.17) is 4.84 Å². The Balaban J connectivity index is 1.23. The van der Waals surface area contributed by atoms with Crippen molar-refractivity contribution in [2.45, 2.75) is 50.6 Å². The SMILES string of the molecule is CC1CC(c2ccccc2C(=O)N2CC3CC34CC(Nc3ccc(C(F)(F)F)cn3)C24)=NO1. The Labute approximate surface area is 188 Å². The number of nitrogens with one attached hydrogen (secondary N) is 1. The van der Waals surface area contributed by atoms with Crippen molar-refractivity contribution in [2.75, 3.05) is 11.9 Å². The molecule has 9 heteroatoms. The first-order valence-electron chi connectivity index (χ1n) is 11.2. The highest BCUT2D eigenvalue weighted by Crippen LogP contribution is 2.71. The van der Waals surface area contributed by atoms with E-state index in [1.807, 2.05) is 36.1 Å². The molecule has 2 aromatic rings. The maximum absolute atomic E-state index is 13.7. The fourth-order valence-corrected chi connectivity index (χ4v) is 5.93. The van der Waals surface area contributed by atoms with E-state index in [2.05, 4.69) is 15.5 Å². The number of hydrogen-bond acceptors (Lipinski definition) is 5. The van der Waals surface area contributed by atoms with Gasteiger partial charge in [-0.1, -0.05) is 23.4 Å². The number of alkyl halides is 3. The second-order valence-corrected chi connectivity index (χ2v) is 9.63. The maximum Gasteiger partial charge on any atom is 0.417 e. The van der Waals surface area contributed by atoms with Gasteiger partial charge in [-0.15, -0.1) is 0 Å². The first-order valence-corrected chi connectivity index (χ1v) is 11.2. The van der Waals surface area contributed by atoms with E-state index >= 15 is 0 Å². The van der Waals surface area contributed by atoms with Gasteiger partial charge in [0.15, 0.2) is 0 Å². The van der Waals surface area contributed by atoms with E-state index in [1.54, 1.807) is 0 Å². The predicted octanol–water partition coefficient (Wildman–Crippen LogP) is 4.33. The largest absolute Gasteiger partial charge is 0.417 e. The Morgan fingerprint density at radius 3 is 2.73 bits per heavy atom. The quantitative estimate of drug-likeness (QED) is 0.744. The monoisotopic (exact) mass is 456 g/mol. The summed E-state index contributed by atoms with van der Waals surface area (Å²) in [6.45, 7) is 2.65. The van der Waals surface area contributed by atoms with Gasteiger partial charge in [0.2, 0.25) is 0 Å². The summed E-state index contributed by atoms with van der Waals surface area (Å²) in [4.78, 5) is 24.9. The van der Waals surface area contributed by atoms with E-state index in [1.165, 1.54) is 6.07 Å². The third-order valence-corrected chi connectivity index (χ3v) is 7.58.